The van der Waals surface area contributed by atoms with Crippen LogP contribution in [0.25, 0.3) is 0 Å². The Morgan fingerprint density at radius 2 is 1.68 bits per heavy atom. The summed E-state index contributed by atoms with van der Waals surface area (Å²) in [7, 11) is 0. The van der Waals surface area contributed by atoms with Gasteiger partial charge in [-0.25, -0.2) is 0 Å². The molecule has 0 radical (unpaired) electrons. The first-order valence-electron chi connectivity index (χ1n) is 11.0. The maximum atomic E-state index is 13.2. The zero-order valence-electron chi connectivity index (χ0n) is 17.4. The highest BCUT2D eigenvalue weighted by Crippen LogP contribution is 2.32. The Hall–Kier alpha value is -1.82. The van der Waals surface area contributed by atoms with Crippen molar-refractivity contribution in [1.29, 1.82) is 0 Å². The molecule has 154 valence electrons. The van der Waals surface area contributed by atoms with Gasteiger partial charge in [0.2, 0.25) is 5.91 Å². The van der Waals surface area contributed by atoms with Gasteiger partial charge in [0, 0.05) is 49.7 Å². The third kappa shape index (κ3) is 4.27. The first-order valence-corrected chi connectivity index (χ1v) is 11.0. The summed E-state index contributed by atoms with van der Waals surface area (Å²) in [4.78, 5) is 29.3. The number of hydrogen-bond acceptors (Lipinski definition) is 3. The van der Waals surface area contributed by atoms with Crippen LogP contribution in [-0.4, -0.2) is 64.9 Å². The maximum absolute atomic E-state index is 13.2. The Bertz CT molecular complexity index is 723. The van der Waals surface area contributed by atoms with Crippen LogP contribution in [0.5, 0.6) is 0 Å². The third-order valence-corrected chi connectivity index (χ3v) is 6.62. The first kappa shape index (κ1) is 19.5. The third-order valence-electron chi connectivity index (χ3n) is 6.62. The topological polar surface area (TPSA) is 57.6 Å². The van der Waals surface area contributed by atoms with Crippen molar-refractivity contribution >= 4 is 11.8 Å². The Kier molecular flexibility index (Phi) is 5.76. The van der Waals surface area contributed by atoms with Crippen LogP contribution in [0.15, 0.2) is 6.07 Å². The average molecular weight is 387 g/mol. The Morgan fingerprint density at radius 1 is 1.00 bits per heavy atom. The van der Waals surface area contributed by atoms with Crippen LogP contribution >= 0.6 is 0 Å². The summed E-state index contributed by atoms with van der Waals surface area (Å²) in [6, 6.07) is 3.05. The Labute approximate surface area is 168 Å². The normalized spacial score (nSPS) is 21.7. The van der Waals surface area contributed by atoms with Crippen LogP contribution in [-0.2, 0) is 4.79 Å². The fraction of sp³-hybridized carbons (Fsp3) is 0.727. The number of rotatable bonds is 5. The minimum atomic E-state index is 0.123. The fourth-order valence-corrected chi connectivity index (χ4v) is 4.88. The molecular formula is C22H34N4O2. The molecule has 3 fully saturated rings. The molecule has 1 N–H and O–H groups in total. The number of carbonyl (C=O) groups excluding carboxylic acids is 2. The van der Waals surface area contributed by atoms with Crippen molar-refractivity contribution in [3.63, 3.8) is 0 Å². The van der Waals surface area contributed by atoms with Gasteiger partial charge in [0.05, 0.1) is 12.1 Å². The molecule has 2 saturated carbocycles. The summed E-state index contributed by atoms with van der Waals surface area (Å²) in [5.74, 6) is 0.274. The van der Waals surface area contributed by atoms with E-state index in [2.05, 4.69) is 34.7 Å². The highest BCUT2D eigenvalue weighted by molar-refractivity contribution is 5.95. The predicted molar refractivity (Wildman–Crippen MR) is 110 cm³/mol. The standard InChI is InChI=1S/C22H34N4O2/c1-16-14-20(17(2)26(16)19-6-4-3-5-7-19)22(28)25-12-10-24(11-13-25)15-21(27)23-18-8-9-18/h14,18-19H,3-13,15H2,1-2H3,(H,23,27). The van der Waals surface area contributed by atoms with Gasteiger partial charge in [0.15, 0.2) is 0 Å². The molecule has 0 aromatic carbocycles. The smallest absolute Gasteiger partial charge is 0.255 e. The van der Waals surface area contributed by atoms with Gasteiger partial charge in [-0.3, -0.25) is 14.5 Å². The number of piperazine rings is 1. The van der Waals surface area contributed by atoms with Crippen LogP contribution < -0.4 is 5.32 Å². The van der Waals surface area contributed by atoms with E-state index in [0.717, 1.165) is 37.2 Å². The van der Waals surface area contributed by atoms with Crippen molar-refractivity contribution < 1.29 is 9.59 Å². The van der Waals surface area contributed by atoms with E-state index in [1.165, 1.54) is 37.8 Å². The number of aryl methyl sites for hydroxylation is 1. The van der Waals surface area contributed by atoms with Gasteiger partial charge in [-0.1, -0.05) is 19.3 Å². The zero-order valence-corrected chi connectivity index (χ0v) is 17.4. The molecule has 28 heavy (non-hydrogen) atoms. The summed E-state index contributed by atoms with van der Waals surface area (Å²) in [5.41, 5.74) is 3.20. The van der Waals surface area contributed by atoms with E-state index in [1.807, 2.05) is 4.90 Å². The molecular weight excluding hydrogens is 352 g/mol. The number of amides is 2. The molecule has 3 aliphatic rings. The van der Waals surface area contributed by atoms with Crippen molar-refractivity contribution in [3.05, 3.63) is 23.0 Å². The number of carbonyl (C=O) groups is 2. The van der Waals surface area contributed by atoms with Gasteiger partial charge in [0.1, 0.15) is 0 Å². The summed E-state index contributed by atoms with van der Waals surface area (Å²) >= 11 is 0. The summed E-state index contributed by atoms with van der Waals surface area (Å²) in [6.45, 7) is 7.62. The molecule has 0 unspecified atom stereocenters. The highest BCUT2D eigenvalue weighted by atomic mass is 16.2. The Balaban J connectivity index is 1.35. The fourth-order valence-electron chi connectivity index (χ4n) is 4.88. The Morgan fingerprint density at radius 3 is 2.32 bits per heavy atom. The monoisotopic (exact) mass is 386 g/mol. The molecule has 2 aliphatic carbocycles. The minimum absolute atomic E-state index is 0.123. The molecule has 1 aromatic rings. The summed E-state index contributed by atoms with van der Waals surface area (Å²) < 4.78 is 2.41. The molecule has 6 heteroatoms. The molecule has 4 rings (SSSR count). The van der Waals surface area contributed by atoms with Crippen molar-refractivity contribution in [3.8, 4) is 0 Å². The predicted octanol–water partition coefficient (Wildman–Crippen LogP) is 2.65. The first-order chi connectivity index (χ1) is 13.5. The molecule has 2 amide bonds. The number of nitrogens with one attached hydrogen (secondary N) is 1. The molecule has 2 heterocycles. The van der Waals surface area contributed by atoms with Crippen molar-refractivity contribution in [1.82, 2.24) is 19.7 Å². The van der Waals surface area contributed by atoms with Gasteiger partial charge < -0.3 is 14.8 Å². The zero-order chi connectivity index (χ0) is 19.7. The van der Waals surface area contributed by atoms with E-state index in [9.17, 15) is 9.59 Å². The molecule has 1 aromatic heterocycles. The molecule has 0 bridgehead atoms. The van der Waals surface area contributed by atoms with E-state index >= 15 is 0 Å². The number of aromatic nitrogens is 1. The van der Waals surface area contributed by atoms with Crippen LogP contribution in [0.1, 0.15) is 72.7 Å². The average Bonchev–Trinajstić information content (AvgIpc) is 3.45. The minimum Gasteiger partial charge on any atom is -0.352 e. The van der Waals surface area contributed by atoms with Crippen LogP contribution in [0, 0.1) is 13.8 Å². The van der Waals surface area contributed by atoms with E-state index < -0.39 is 0 Å². The lowest BCUT2D eigenvalue weighted by Crippen LogP contribution is -2.51. The van der Waals surface area contributed by atoms with Crippen molar-refractivity contribution in [2.24, 2.45) is 0 Å². The van der Waals surface area contributed by atoms with Gasteiger partial charge in [-0.2, -0.15) is 0 Å². The highest BCUT2D eigenvalue weighted by Gasteiger charge is 2.29. The molecule has 0 spiro atoms. The van der Waals surface area contributed by atoms with Gasteiger partial charge >= 0.3 is 0 Å². The van der Waals surface area contributed by atoms with Crippen LogP contribution in [0.3, 0.4) is 0 Å². The summed E-state index contributed by atoms with van der Waals surface area (Å²) in [5, 5.41) is 3.04. The lowest BCUT2D eigenvalue weighted by molar-refractivity contribution is -0.122. The van der Waals surface area contributed by atoms with Crippen LogP contribution in [0.2, 0.25) is 0 Å². The molecule has 1 saturated heterocycles. The second-order valence-corrected chi connectivity index (χ2v) is 8.86. The SMILES string of the molecule is Cc1cc(C(=O)N2CCN(CC(=O)NC3CC3)CC2)c(C)n1C1CCCCC1. The molecule has 1 aliphatic heterocycles. The quantitative estimate of drug-likeness (QED) is 0.846. The maximum Gasteiger partial charge on any atom is 0.255 e. The lowest BCUT2D eigenvalue weighted by Gasteiger charge is -2.34. The summed E-state index contributed by atoms with van der Waals surface area (Å²) in [6.07, 6.45) is 8.62. The van der Waals surface area contributed by atoms with E-state index in [4.69, 9.17) is 0 Å². The van der Waals surface area contributed by atoms with Crippen molar-refractivity contribution in [2.45, 2.75) is 70.9 Å². The van der Waals surface area contributed by atoms with E-state index in [1.54, 1.807) is 0 Å². The number of hydrogen-bond donors (Lipinski definition) is 1. The molecule has 0 atom stereocenters. The molecule has 6 nitrogen and oxygen atoms in total. The second-order valence-electron chi connectivity index (χ2n) is 8.86. The van der Waals surface area contributed by atoms with Gasteiger partial charge in [-0.15, -0.1) is 0 Å². The van der Waals surface area contributed by atoms with Crippen LogP contribution in [0.4, 0.5) is 0 Å². The largest absolute Gasteiger partial charge is 0.352 e. The van der Waals surface area contributed by atoms with Crippen molar-refractivity contribution in [2.75, 3.05) is 32.7 Å². The van der Waals surface area contributed by atoms with E-state index in [-0.39, 0.29) is 11.8 Å². The van der Waals surface area contributed by atoms with Gasteiger partial charge in [0.25, 0.3) is 5.91 Å². The number of nitrogens with zero attached hydrogens (tertiary/aromatic N) is 3. The van der Waals surface area contributed by atoms with E-state index in [0.29, 0.717) is 31.7 Å². The lowest BCUT2D eigenvalue weighted by atomic mass is 9.95. The van der Waals surface area contributed by atoms with Gasteiger partial charge in [-0.05, 0) is 45.6 Å². The second kappa shape index (κ2) is 8.27.